The van der Waals surface area contributed by atoms with Gasteiger partial charge in [-0.15, -0.1) is 0 Å². The molecule has 0 amide bonds. The van der Waals surface area contributed by atoms with E-state index in [9.17, 15) is 21.6 Å². The molecular formula is C20H19F3N4O3S2. The molecule has 3 aromatic rings. The molecule has 12 heteroatoms. The van der Waals surface area contributed by atoms with Crippen LogP contribution in [0.2, 0.25) is 0 Å². The highest BCUT2D eigenvalue weighted by Gasteiger charge is 2.28. The van der Waals surface area contributed by atoms with Crippen LogP contribution in [0.15, 0.2) is 47.6 Å². The summed E-state index contributed by atoms with van der Waals surface area (Å²) in [5.41, 5.74) is 0.942. The molecule has 1 aliphatic rings. The molecule has 1 fully saturated rings. The van der Waals surface area contributed by atoms with Gasteiger partial charge in [0.05, 0.1) is 6.61 Å². The van der Waals surface area contributed by atoms with E-state index in [1.165, 1.54) is 12.1 Å². The first-order chi connectivity index (χ1) is 15.3. The second-order valence-corrected chi connectivity index (χ2v) is 9.72. The summed E-state index contributed by atoms with van der Waals surface area (Å²) in [6.45, 7) is 1.43. The molecule has 0 bridgehead atoms. The number of nitrogens with zero attached hydrogens (tertiary/aromatic N) is 2. The summed E-state index contributed by atoms with van der Waals surface area (Å²) in [5.74, 6) is -2.90. The van der Waals surface area contributed by atoms with Gasteiger partial charge in [-0.2, -0.15) is 4.37 Å². The fraction of sp³-hybridized carbons (Fsp3) is 0.300. The minimum Gasteiger partial charge on any atom is -0.490 e. The highest BCUT2D eigenvalue weighted by atomic mass is 32.2. The Labute approximate surface area is 186 Å². The maximum atomic E-state index is 14.6. The summed E-state index contributed by atoms with van der Waals surface area (Å²) in [4.78, 5) is 2.80. The second kappa shape index (κ2) is 9.43. The van der Waals surface area contributed by atoms with E-state index in [1.54, 1.807) is 12.1 Å². The Kier molecular flexibility index (Phi) is 6.63. The van der Waals surface area contributed by atoms with E-state index >= 15 is 0 Å². The van der Waals surface area contributed by atoms with Crippen molar-refractivity contribution >= 4 is 26.7 Å². The van der Waals surface area contributed by atoms with Gasteiger partial charge in [0.2, 0.25) is 5.13 Å². The Morgan fingerprint density at radius 1 is 1.16 bits per heavy atom. The Hall–Kier alpha value is -2.70. The van der Waals surface area contributed by atoms with E-state index in [2.05, 4.69) is 14.7 Å². The fourth-order valence-electron chi connectivity index (χ4n) is 3.66. The molecule has 0 aliphatic carbocycles. The third-order valence-electron chi connectivity index (χ3n) is 5.22. The first kappa shape index (κ1) is 22.5. The second-order valence-electron chi connectivity index (χ2n) is 7.29. The SMILES string of the molecule is O=S(=O)(Nc1ncns1)c1cc(F)c(OC[C@H]2CNCC[C@@H]2c2ccc(F)cc2)cc1F. The minimum absolute atomic E-state index is 0.0560. The third-order valence-corrected chi connectivity index (χ3v) is 7.28. The molecule has 0 saturated carbocycles. The molecule has 0 spiro atoms. The summed E-state index contributed by atoms with van der Waals surface area (Å²) in [7, 11) is -4.39. The van der Waals surface area contributed by atoms with Gasteiger partial charge in [-0.3, -0.25) is 4.72 Å². The number of anilines is 1. The summed E-state index contributed by atoms with van der Waals surface area (Å²) in [5, 5.41) is 3.17. The van der Waals surface area contributed by atoms with Crippen molar-refractivity contribution < 1.29 is 26.3 Å². The Bertz CT molecular complexity index is 1180. The van der Waals surface area contributed by atoms with Gasteiger partial charge in [-0.1, -0.05) is 12.1 Å². The minimum atomic E-state index is -4.39. The molecule has 7 nitrogen and oxygen atoms in total. The molecule has 0 unspecified atom stereocenters. The predicted octanol–water partition coefficient (Wildman–Crippen LogP) is 3.53. The molecule has 2 N–H and O–H groups in total. The highest BCUT2D eigenvalue weighted by Crippen LogP contribution is 2.32. The van der Waals surface area contributed by atoms with Crippen molar-refractivity contribution in [2.24, 2.45) is 5.92 Å². The van der Waals surface area contributed by atoms with Gasteiger partial charge in [0.15, 0.2) is 11.6 Å². The van der Waals surface area contributed by atoms with E-state index in [0.717, 1.165) is 36.4 Å². The Morgan fingerprint density at radius 3 is 2.66 bits per heavy atom. The zero-order chi connectivity index (χ0) is 22.7. The zero-order valence-corrected chi connectivity index (χ0v) is 18.2. The Morgan fingerprint density at radius 2 is 1.94 bits per heavy atom. The van der Waals surface area contributed by atoms with Crippen LogP contribution in [0.4, 0.5) is 18.3 Å². The summed E-state index contributed by atoms with van der Waals surface area (Å²) >= 11 is 0.762. The lowest BCUT2D eigenvalue weighted by Crippen LogP contribution is -2.38. The van der Waals surface area contributed by atoms with E-state index in [0.29, 0.717) is 18.7 Å². The molecule has 4 rings (SSSR count). The van der Waals surface area contributed by atoms with Gasteiger partial charge in [0.1, 0.15) is 22.9 Å². The van der Waals surface area contributed by atoms with Crippen LogP contribution in [0.1, 0.15) is 17.9 Å². The first-order valence-corrected chi connectivity index (χ1v) is 12.0. The van der Waals surface area contributed by atoms with Crippen LogP contribution in [0.3, 0.4) is 0 Å². The lowest BCUT2D eigenvalue weighted by molar-refractivity contribution is 0.190. The maximum Gasteiger partial charge on any atom is 0.266 e. The topological polar surface area (TPSA) is 93.2 Å². The third kappa shape index (κ3) is 5.03. The van der Waals surface area contributed by atoms with Crippen molar-refractivity contribution in [1.29, 1.82) is 0 Å². The molecule has 1 saturated heterocycles. The molecular weight excluding hydrogens is 465 g/mol. The monoisotopic (exact) mass is 484 g/mol. The number of benzene rings is 2. The van der Waals surface area contributed by atoms with Gasteiger partial charge in [0.25, 0.3) is 10.0 Å². The Balaban J connectivity index is 1.49. The van der Waals surface area contributed by atoms with Crippen molar-refractivity contribution in [3.8, 4) is 5.75 Å². The van der Waals surface area contributed by atoms with Crippen molar-refractivity contribution in [3.05, 3.63) is 65.7 Å². The largest absolute Gasteiger partial charge is 0.490 e. The van der Waals surface area contributed by atoms with Gasteiger partial charge in [0, 0.05) is 36.1 Å². The molecule has 2 heterocycles. The van der Waals surface area contributed by atoms with Crippen LogP contribution in [0, 0.1) is 23.4 Å². The highest BCUT2D eigenvalue weighted by molar-refractivity contribution is 7.93. The average Bonchev–Trinajstić information content (AvgIpc) is 3.27. The number of piperidine rings is 1. The lowest BCUT2D eigenvalue weighted by atomic mass is 9.81. The van der Waals surface area contributed by atoms with Crippen LogP contribution in [-0.4, -0.2) is 37.5 Å². The fourth-order valence-corrected chi connectivity index (χ4v) is 5.39. The van der Waals surface area contributed by atoms with Gasteiger partial charge in [-0.05, 0) is 36.6 Å². The van der Waals surface area contributed by atoms with E-state index in [4.69, 9.17) is 4.74 Å². The van der Waals surface area contributed by atoms with Crippen LogP contribution in [0.25, 0.3) is 0 Å². The number of rotatable bonds is 7. The number of hydrogen-bond donors (Lipinski definition) is 2. The van der Waals surface area contributed by atoms with Crippen LogP contribution in [0.5, 0.6) is 5.75 Å². The molecule has 32 heavy (non-hydrogen) atoms. The van der Waals surface area contributed by atoms with Crippen molar-refractivity contribution in [3.63, 3.8) is 0 Å². The van der Waals surface area contributed by atoms with Crippen molar-refractivity contribution in [1.82, 2.24) is 14.7 Å². The number of ether oxygens (including phenoxy) is 1. The van der Waals surface area contributed by atoms with Crippen LogP contribution in [-0.2, 0) is 10.0 Å². The number of halogens is 3. The van der Waals surface area contributed by atoms with E-state index in [-0.39, 0.29) is 35.1 Å². The molecule has 0 radical (unpaired) electrons. The van der Waals surface area contributed by atoms with Crippen molar-refractivity contribution in [2.45, 2.75) is 17.2 Å². The van der Waals surface area contributed by atoms with Crippen LogP contribution >= 0.6 is 11.5 Å². The number of aromatic nitrogens is 2. The zero-order valence-electron chi connectivity index (χ0n) is 16.6. The van der Waals surface area contributed by atoms with E-state index < -0.39 is 26.6 Å². The molecule has 1 aromatic heterocycles. The van der Waals surface area contributed by atoms with Gasteiger partial charge >= 0.3 is 0 Å². The standard InChI is InChI=1S/C20H19F3N4O3S2/c21-14-3-1-12(2-4-14)15-5-6-24-9-13(15)10-30-18-7-17(23)19(8-16(18)22)32(28,29)27-20-25-11-26-31-20/h1-4,7-8,11,13,15,24H,5-6,9-10H2,(H,25,26,27)/t13-,15-/m1/s1. The summed E-state index contributed by atoms with van der Waals surface area (Å²) in [6, 6.07) is 7.49. The van der Waals surface area contributed by atoms with Gasteiger partial charge < -0.3 is 10.1 Å². The van der Waals surface area contributed by atoms with Crippen molar-refractivity contribution in [2.75, 3.05) is 24.4 Å². The smallest absolute Gasteiger partial charge is 0.266 e. The number of hydrogen-bond acceptors (Lipinski definition) is 7. The lowest BCUT2D eigenvalue weighted by Gasteiger charge is -2.32. The summed E-state index contributed by atoms with van der Waals surface area (Å²) in [6.07, 6.45) is 1.92. The molecule has 1 aliphatic heterocycles. The van der Waals surface area contributed by atoms with E-state index in [1.807, 2.05) is 4.72 Å². The maximum absolute atomic E-state index is 14.6. The molecule has 2 aromatic carbocycles. The van der Waals surface area contributed by atoms with Crippen LogP contribution < -0.4 is 14.8 Å². The quantitative estimate of drug-likeness (QED) is 0.533. The number of sulfonamides is 1. The molecule has 2 atom stereocenters. The average molecular weight is 485 g/mol. The predicted molar refractivity (Wildman–Crippen MR) is 113 cm³/mol. The number of nitrogens with one attached hydrogen (secondary N) is 2. The first-order valence-electron chi connectivity index (χ1n) is 9.71. The summed E-state index contributed by atoms with van der Waals surface area (Å²) < 4.78 is 78.4. The van der Waals surface area contributed by atoms with Gasteiger partial charge in [-0.25, -0.2) is 26.6 Å². The normalized spacial score (nSPS) is 19.0. The molecule has 170 valence electrons.